The van der Waals surface area contributed by atoms with E-state index < -0.39 is 5.54 Å². The lowest BCUT2D eigenvalue weighted by atomic mass is 9.64. The number of rotatable bonds is 5. The van der Waals surface area contributed by atoms with E-state index in [0.717, 1.165) is 64.2 Å². The molecule has 3 saturated carbocycles. The van der Waals surface area contributed by atoms with Crippen molar-refractivity contribution >= 4 is 11.8 Å². The molecule has 4 N–H and O–H groups in total. The highest BCUT2D eigenvalue weighted by Gasteiger charge is 2.45. The van der Waals surface area contributed by atoms with Crippen LogP contribution in [0.3, 0.4) is 0 Å². The van der Waals surface area contributed by atoms with E-state index in [-0.39, 0.29) is 23.8 Å². The van der Waals surface area contributed by atoms with E-state index in [1.54, 1.807) is 0 Å². The summed E-state index contributed by atoms with van der Waals surface area (Å²) in [6, 6.07) is 0.272. The predicted octanol–water partition coefficient (Wildman–Crippen LogP) is 2.49. The van der Waals surface area contributed by atoms with E-state index in [1.807, 2.05) is 0 Å². The van der Waals surface area contributed by atoms with Crippen molar-refractivity contribution in [3.05, 3.63) is 0 Å². The van der Waals surface area contributed by atoms with Gasteiger partial charge in [0, 0.05) is 18.5 Å². The minimum absolute atomic E-state index is 0.0232. The number of fused-ring (bicyclic) bond motifs is 2. The molecule has 5 nitrogen and oxygen atoms in total. The summed E-state index contributed by atoms with van der Waals surface area (Å²) in [4.78, 5) is 25.9. The Kier molecular flexibility index (Phi) is 6.03. The summed E-state index contributed by atoms with van der Waals surface area (Å²) in [5, 5.41) is 6.25. The second kappa shape index (κ2) is 8.07. The maximum absolute atomic E-state index is 13.1. The third kappa shape index (κ3) is 4.02. The molecule has 0 heterocycles. The molecular formula is C20H35N3O2. The highest BCUT2D eigenvalue weighted by Crippen LogP contribution is 2.42. The molecular weight excluding hydrogens is 314 g/mol. The molecule has 0 aromatic rings. The largest absolute Gasteiger partial charge is 0.354 e. The second-order valence-electron chi connectivity index (χ2n) is 8.58. The molecule has 142 valence electrons. The smallest absolute Gasteiger partial charge is 0.245 e. The zero-order chi connectivity index (χ0) is 17.9. The molecule has 2 bridgehead atoms. The highest BCUT2D eigenvalue weighted by molar-refractivity contribution is 5.92. The minimum atomic E-state index is -0.681. The molecule has 0 aliphatic heterocycles. The lowest BCUT2D eigenvalue weighted by molar-refractivity contribution is -0.138. The lowest BCUT2D eigenvalue weighted by Gasteiger charge is -2.45. The van der Waals surface area contributed by atoms with Gasteiger partial charge in [0.2, 0.25) is 11.8 Å². The number of amides is 2. The first-order chi connectivity index (χ1) is 12.1. The Morgan fingerprint density at radius 2 is 1.68 bits per heavy atom. The normalized spacial score (nSPS) is 34.2. The third-order valence-corrected chi connectivity index (χ3v) is 6.82. The summed E-state index contributed by atoms with van der Waals surface area (Å²) >= 11 is 0. The van der Waals surface area contributed by atoms with Crippen LogP contribution in [0.5, 0.6) is 0 Å². The summed E-state index contributed by atoms with van der Waals surface area (Å²) in [5.74, 6) is 1.12. The van der Waals surface area contributed by atoms with Crippen molar-refractivity contribution in [1.82, 2.24) is 10.6 Å². The van der Waals surface area contributed by atoms with Gasteiger partial charge >= 0.3 is 0 Å². The molecule has 3 aliphatic carbocycles. The standard InChI is InChI=1S/C20H35N3O2/c1-2-11-22-19(25)20(9-4-3-5-10-20)23-18(24)16-12-14-7-6-8-15(13-16)17(14)21/h14-17H,2-13,21H2,1H3,(H,22,25)(H,23,24). The molecule has 0 aromatic carbocycles. The van der Waals surface area contributed by atoms with Crippen LogP contribution >= 0.6 is 0 Å². The van der Waals surface area contributed by atoms with E-state index in [2.05, 4.69) is 17.6 Å². The van der Waals surface area contributed by atoms with Crippen molar-refractivity contribution in [3.8, 4) is 0 Å². The topological polar surface area (TPSA) is 84.2 Å². The van der Waals surface area contributed by atoms with Gasteiger partial charge < -0.3 is 16.4 Å². The van der Waals surface area contributed by atoms with Gasteiger partial charge in [-0.2, -0.15) is 0 Å². The van der Waals surface area contributed by atoms with E-state index in [4.69, 9.17) is 5.73 Å². The number of hydrogen-bond donors (Lipinski definition) is 3. The van der Waals surface area contributed by atoms with Crippen molar-refractivity contribution < 1.29 is 9.59 Å². The zero-order valence-electron chi connectivity index (χ0n) is 15.7. The number of nitrogens with one attached hydrogen (secondary N) is 2. The fourth-order valence-electron chi connectivity index (χ4n) is 5.31. The number of carbonyl (C=O) groups excluding carboxylic acids is 2. The van der Waals surface area contributed by atoms with Crippen LogP contribution in [0.2, 0.25) is 0 Å². The van der Waals surface area contributed by atoms with E-state index in [9.17, 15) is 9.59 Å². The first kappa shape index (κ1) is 18.7. The van der Waals surface area contributed by atoms with E-state index in [0.29, 0.717) is 18.4 Å². The number of carbonyl (C=O) groups is 2. The monoisotopic (exact) mass is 349 g/mol. The highest BCUT2D eigenvalue weighted by atomic mass is 16.2. The van der Waals surface area contributed by atoms with Crippen LogP contribution in [-0.4, -0.2) is 29.9 Å². The fraction of sp³-hybridized carbons (Fsp3) is 0.900. The quantitative estimate of drug-likeness (QED) is 0.713. The lowest BCUT2D eigenvalue weighted by Crippen LogP contribution is -2.61. The second-order valence-corrected chi connectivity index (χ2v) is 8.58. The molecule has 3 aliphatic rings. The molecule has 5 heteroatoms. The third-order valence-electron chi connectivity index (χ3n) is 6.82. The Labute approximate surface area is 151 Å². The summed E-state index contributed by atoms with van der Waals surface area (Å²) < 4.78 is 0. The Bertz CT molecular complexity index is 473. The van der Waals surface area contributed by atoms with Gasteiger partial charge in [0.1, 0.15) is 5.54 Å². The van der Waals surface area contributed by atoms with Gasteiger partial charge in [0.15, 0.2) is 0 Å². The molecule has 0 aromatic heterocycles. The number of hydrogen-bond acceptors (Lipinski definition) is 3. The zero-order valence-corrected chi connectivity index (χ0v) is 15.7. The molecule has 3 rings (SSSR count). The molecule has 0 radical (unpaired) electrons. The first-order valence-corrected chi connectivity index (χ1v) is 10.4. The van der Waals surface area contributed by atoms with Crippen LogP contribution in [0.25, 0.3) is 0 Å². The van der Waals surface area contributed by atoms with E-state index >= 15 is 0 Å². The van der Waals surface area contributed by atoms with Gasteiger partial charge in [-0.1, -0.05) is 32.6 Å². The summed E-state index contributed by atoms with van der Waals surface area (Å²) in [6.07, 6.45) is 11.0. The van der Waals surface area contributed by atoms with Gasteiger partial charge in [-0.3, -0.25) is 9.59 Å². The minimum Gasteiger partial charge on any atom is -0.354 e. The molecule has 2 amide bonds. The van der Waals surface area contributed by atoms with Gasteiger partial charge in [-0.25, -0.2) is 0 Å². The Morgan fingerprint density at radius 3 is 2.28 bits per heavy atom. The Hall–Kier alpha value is -1.10. The van der Waals surface area contributed by atoms with Gasteiger partial charge in [-0.05, 0) is 56.8 Å². The average Bonchev–Trinajstić information content (AvgIpc) is 2.60. The molecule has 2 unspecified atom stereocenters. The maximum Gasteiger partial charge on any atom is 0.245 e. The van der Waals surface area contributed by atoms with Crippen molar-refractivity contribution in [2.24, 2.45) is 23.5 Å². The van der Waals surface area contributed by atoms with Crippen molar-refractivity contribution in [1.29, 1.82) is 0 Å². The van der Waals surface area contributed by atoms with Crippen LogP contribution in [-0.2, 0) is 9.59 Å². The Balaban J connectivity index is 1.67. The van der Waals surface area contributed by atoms with Gasteiger partial charge in [-0.15, -0.1) is 0 Å². The average molecular weight is 350 g/mol. The van der Waals surface area contributed by atoms with Crippen molar-refractivity contribution in [2.75, 3.05) is 6.54 Å². The predicted molar refractivity (Wildman–Crippen MR) is 98.8 cm³/mol. The van der Waals surface area contributed by atoms with Crippen LogP contribution in [0.15, 0.2) is 0 Å². The molecule has 0 saturated heterocycles. The summed E-state index contributed by atoms with van der Waals surface area (Å²) in [5.41, 5.74) is 5.68. The van der Waals surface area contributed by atoms with Crippen LogP contribution in [0.4, 0.5) is 0 Å². The maximum atomic E-state index is 13.1. The van der Waals surface area contributed by atoms with Gasteiger partial charge in [0.25, 0.3) is 0 Å². The van der Waals surface area contributed by atoms with Gasteiger partial charge in [0.05, 0.1) is 0 Å². The van der Waals surface area contributed by atoms with Crippen LogP contribution in [0, 0.1) is 17.8 Å². The molecule has 2 atom stereocenters. The van der Waals surface area contributed by atoms with Crippen molar-refractivity contribution in [2.45, 2.75) is 89.1 Å². The summed E-state index contributed by atoms with van der Waals surface area (Å²) in [6.45, 7) is 2.73. The van der Waals surface area contributed by atoms with Crippen molar-refractivity contribution in [3.63, 3.8) is 0 Å². The van der Waals surface area contributed by atoms with Crippen LogP contribution < -0.4 is 16.4 Å². The summed E-state index contributed by atoms with van der Waals surface area (Å²) in [7, 11) is 0. The van der Waals surface area contributed by atoms with E-state index in [1.165, 1.54) is 6.42 Å². The van der Waals surface area contributed by atoms with Crippen LogP contribution in [0.1, 0.15) is 77.6 Å². The number of nitrogens with two attached hydrogens (primary N) is 1. The SMILES string of the molecule is CCCNC(=O)C1(NC(=O)C2CC3CCCC(C2)C3N)CCCCC1. The first-order valence-electron chi connectivity index (χ1n) is 10.4. The Morgan fingerprint density at radius 1 is 1.04 bits per heavy atom. The molecule has 0 spiro atoms. The molecule has 25 heavy (non-hydrogen) atoms. The molecule has 3 fully saturated rings. The fourth-order valence-corrected chi connectivity index (χ4v) is 5.31.